The number of halogens is 3. The predicted molar refractivity (Wildman–Crippen MR) is 129 cm³/mol. The fraction of sp³-hybridized carbons (Fsp3) is 0.462. The Morgan fingerprint density at radius 2 is 1.54 bits per heavy atom. The summed E-state index contributed by atoms with van der Waals surface area (Å²) in [6.45, 7) is 6.85. The maximum atomic E-state index is 12.7. The van der Waals surface area contributed by atoms with Crippen molar-refractivity contribution in [2.75, 3.05) is 26.3 Å². The van der Waals surface area contributed by atoms with E-state index in [9.17, 15) is 27.9 Å². The number of aliphatic carboxylic acids is 1. The number of nitrogens with zero attached hydrogens (tertiary/aromatic N) is 1. The van der Waals surface area contributed by atoms with Gasteiger partial charge in [0.05, 0.1) is 6.54 Å². The second-order valence-electron chi connectivity index (χ2n) is 8.54. The number of hydrogen-bond donors (Lipinski definition) is 1. The monoisotopic (exact) mass is 527 g/mol. The maximum absolute atomic E-state index is 12.7. The Labute approximate surface area is 213 Å². The van der Waals surface area contributed by atoms with Crippen molar-refractivity contribution in [1.29, 1.82) is 0 Å². The van der Waals surface area contributed by atoms with Gasteiger partial charge in [0, 0.05) is 19.6 Å². The minimum atomic E-state index is -4.81. The molecule has 1 N–H and O–H groups in total. The zero-order valence-corrected chi connectivity index (χ0v) is 21.0. The molecule has 0 fully saturated rings. The molecule has 0 bridgehead atoms. The van der Waals surface area contributed by atoms with Gasteiger partial charge in [-0.3, -0.25) is 0 Å². The molecule has 2 aromatic carbocycles. The van der Waals surface area contributed by atoms with Crippen LogP contribution in [-0.2, 0) is 16.0 Å². The van der Waals surface area contributed by atoms with Crippen LogP contribution < -0.4 is 14.2 Å². The van der Waals surface area contributed by atoms with Crippen molar-refractivity contribution in [2.24, 2.45) is 5.92 Å². The van der Waals surface area contributed by atoms with E-state index >= 15 is 0 Å². The van der Waals surface area contributed by atoms with Gasteiger partial charge in [0.15, 0.2) is 6.10 Å². The van der Waals surface area contributed by atoms with Gasteiger partial charge in [-0.1, -0.05) is 26.0 Å². The van der Waals surface area contributed by atoms with Gasteiger partial charge in [-0.2, -0.15) is 0 Å². The van der Waals surface area contributed by atoms with Crippen molar-refractivity contribution >= 4 is 12.1 Å². The first kappa shape index (κ1) is 29.8. The van der Waals surface area contributed by atoms with E-state index in [1.165, 1.54) is 17.0 Å². The SMILES string of the molecule is CCOC(Cc1ccc(OCCN(CCC(C)C)C(=O)Oc2ccc(OC(F)(F)F)cc2)cc1)C(=O)O. The van der Waals surface area contributed by atoms with Crippen molar-refractivity contribution < 1.29 is 46.8 Å². The number of amides is 1. The van der Waals surface area contributed by atoms with Crippen molar-refractivity contribution in [3.05, 3.63) is 54.1 Å². The van der Waals surface area contributed by atoms with Crippen LogP contribution in [0.2, 0.25) is 0 Å². The second-order valence-corrected chi connectivity index (χ2v) is 8.54. The van der Waals surface area contributed by atoms with Crippen LogP contribution in [0.3, 0.4) is 0 Å². The molecule has 0 aliphatic rings. The molecular weight excluding hydrogens is 495 g/mol. The summed E-state index contributed by atoms with van der Waals surface area (Å²) in [4.78, 5) is 25.4. The summed E-state index contributed by atoms with van der Waals surface area (Å²) < 4.78 is 57.1. The van der Waals surface area contributed by atoms with E-state index in [0.29, 0.717) is 31.2 Å². The smallest absolute Gasteiger partial charge is 0.492 e. The normalized spacial score (nSPS) is 12.2. The van der Waals surface area contributed by atoms with Gasteiger partial charge >= 0.3 is 18.4 Å². The molecule has 0 saturated carbocycles. The molecule has 11 heteroatoms. The molecule has 204 valence electrons. The Kier molecular flexibility index (Phi) is 11.5. The van der Waals surface area contributed by atoms with E-state index in [1.807, 2.05) is 13.8 Å². The first-order valence-electron chi connectivity index (χ1n) is 11.9. The lowest BCUT2D eigenvalue weighted by molar-refractivity contribution is -0.274. The van der Waals surface area contributed by atoms with Crippen LogP contribution in [0.1, 0.15) is 32.8 Å². The number of hydrogen-bond acceptors (Lipinski definition) is 6. The molecule has 37 heavy (non-hydrogen) atoms. The van der Waals surface area contributed by atoms with E-state index in [4.69, 9.17) is 14.2 Å². The summed E-state index contributed by atoms with van der Waals surface area (Å²) in [7, 11) is 0. The van der Waals surface area contributed by atoms with Gasteiger partial charge in [0.2, 0.25) is 0 Å². The fourth-order valence-electron chi connectivity index (χ4n) is 3.21. The quantitative estimate of drug-likeness (QED) is 0.345. The summed E-state index contributed by atoms with van der Waals surface area (Å²) in [5.74, 6) is -0.489. The average molecular weight is 528 g/mol. The Morgan fingerprint density at radius 3 is 2.08 bits per heavy atom. The molecule has 0 spiro atoms. The number of benzene rings is 2. The van der Waals surface area contributed by atoms with Gasteiger partial charge in [-0.25, -0.2) is 9.59 Å². The Balaban J connectivity index is 1.92. The number of rotatable bonds is 14. The molecule has 8 nitrogen and oxygen atoms in total. The minimum Gasteiger partial charge on any atom is -0.492 e. The minimum absolute atomic E-state index is 0.0808. The van der Waals surface area contributed by atoms with E-state index in [2.05, 4.69) is 4.74 Å². The molecule has 0 aliphatic heterocycles. The van der Waals surface area contributed by atoms with Crippen LogP contribution in [0, 0.1) is 5.92 Å². The van der Waals surface area contributed by atoms with Gasteiger partial charge < -0.3 is 29.0 Å². The van der Waals surface area contributed by atoms with Gasteiger partial charge in [-0.05, 0) is 61.2 Å². The molecule has 0 aliphatic carbocycles. The number of carboxylic acid groups (broad SMARTS) is 1. The van der Waals surface area contributed by atoms with Crippen LogP contribution in [-0.4, -0.2) is 60.8 Å². The highest BCUT2D eigenvalue weighted by Gasteiger charge is 2.31. The predicted octanol–water partition coefficient (Wildman–Crippen LogP) is 5.54. The summed E-state index contributed by atoms with van der Waals surface area (Å²) in [5, 5.41) is 9.22. The number of alkyl halides is 3. The topological polar surface area (TPSA) is 94.5 Å². The summed E-state index contributed by atoms with van der Waals surface area (Å²) in [6, 6.07) is 11.5. The van der Waals surface area contributed by atoms with Crippen molar-refractivity contribution in [3.63, 3.8) is 0 Å². The molecule has 0 radical (unpaired) electrons. The highest BCUT2D eigenvalue weighted by Crippen LogP contribution is 2.25. The molecule has 2 rings (SSSR count). The molecule has 1 amide bonds. The highest BCUT2D eigenvalue weighted by molar-refractivity contribution is 5.72. The van der Waals surface area contributed by atoms with Crippen LogP contribution in [0.25, 0.3) is 0 Å². The first-order chi connectivity index (χ1) is 17.5. The van der Waals surface area contributed by atoms with Crippen molar-refractivity contribution in [1.82, 2.24) is 4.90 Å². The van der Waals surface area contributed by atoms with Gasteiger partial charge in [-0.15, -0.1) is 13.2 Å². The number of carboxylic acids is 1. The third kappa shape index (κ3) is 11.4. The lowest BCUT2D eigenvalue weighted by Gasteiger charge is -2.23. The highest BCUT2D eigenvalue weighted by atomic mass is 19.4. The third-order valence-corrected chi connectivity index (χ3v) is 5.11. The first-order valence-corrected chi connectivity index (χ1v) is 11.9. The van der Waals surface area contributed by atoms with Crippen LogP contribution in [0.5, 0.6) is 17.2 Å². The summed E-state index contributed by atoms with van der Waals surface area (Å²) >= 11 is 0. The lowest BCUT2D eigenvalue weighted by Crippen LogP contribution is -2.38. The Bertz CT molecular complexity index is 979. The van der Waals surface area contributed by atoms with E-state index < -0.39 is 30.3 Å². The molecule has 0 heterocycles. The maximum Gasteiger partial charge on any atom is 0.573 e. The Morgan fingerprint density at radius 1 is 0.946 bits per heavy atom. The zero-order chi connectivity index (χ0) is 27.4. The summed E-state index contributed by atoms with van der Waals surface area (Å²) in [6.07, 6.45) is -5.45. The van der Waals surface area contributed by atoms with Gasteiger partial charge in [0.1, 0.15) is 23.9 Å². The second kappa shape index (κ2) is 14.3. The lowest BCUT2D eigenvalue weighted by atomic mass is 10.1. The third-order valence-electron chi connectivity index (χ3n) is 5.11. The van der Waals surface area contributed by atoms with E-state index in [1.54, 1.807) is 31.2 Å². The molecule has 2 aromatic rings. The van der Waals surface area contributed by atoms with Crippen molar-refractivity contribution in [3.8, 4) is 17.2 Å². The van der Waals surface area contributed by atoms with E-state index in [-0.39, 0.29) is 25.3 Å². The number of carbonyl (C=O) groups is 2. The van der Waals surface area contributed by atoms with Crippen molar-refractivity contribution in [2.45, 2.75) is 46.1 Å². The van der Waals surface area contributed by atoms with Crippen LogP contribution >= 0.6 is 0 Å². The van der Waals surface area contributed by atoms with Gasteiger partial charge in [0.25, 0.3) is 0 Å². The molecule has 0 aromatic heterocycles. The number of carbonyl (C=O) groups excluding carboxylic acids is 1. The standard InChI is InChI=1S/C26H32F3NO7/c1-4-34-23(24(31)32)17-19-5-7-20(8-6-19)35-16-15-30(14-13-18(2)3)25(33)36-21-9-11-22(12-10-21)37-26(27,28)29/h5-12,18,23H,4,13-17H2,1-3H3,(H,31,32). The van der Waals surface area contributed by atoms with Crippen LogP contribution in [0.15, 0.2) is 48.5 Å². The molecule has 1 atom stereocenters. The number of ether oxygens (including phenoxy) is 4. The Hall–Kier alpha value is -3.47. The average Bonchev–Trinajstić information content (AvgIpc) is 2.82. The largest absolute Gasteiger partial charge is 0.573 e. The molecule has 0 saturated heterocycles. The molecular formula is C26H32F3NO7. The van der Waals surface area contributed by atoms with E-state index in [0.717, 1.165) is 17.7 Å². The zero-order valence-electron chi connectivity index (χ0n) is 21.0. The fourth-order valence-corrected chi connectivity index (χ4v) is 3.21. The van der Waals surface area contributed by atoms with Crippen LogP contribution in [0.4, 0.5) is 18.0 Å². The molecule has 1 unspecified atom stereocenters. The summed E-state index contributed by atoms with van der Waals surface area (Å²) in [5.41, 5.74) is 0.780.